The summed E-state index contributed by atoms with van der Waals surface area (Å²) in [7, 11) is 0. The van der Waals surface area contributed by atoms with Gasteiger partial charge in [0, 0.05) is 29.6 Å². The maximum absolute atomic E-state index is 11.6. The van der Waals surface area contributed by atoms with E-state index in [0.717, 1.165) is 10.6 Å². The van der Waals surface area contributed by atoms with E-state index in [-0.39, 0.29) is 17.9 Å². The Kier molecular flexibility index (Phi) is 6.93. The molecule has 0 aliphatic rings. The topological polar surface area (TPSA) is 70.2 Å². The largest absolute Gasteiger partial charge is 0.354 e. The number of urea groups is 1. The van der Waals surface area contributed by atoms with Gasteiger partial charge >= 0.3 is 6.03 Å². The minimum absolute atomic E-state index is 0.0140. The van der Waals surface area contributed by atoms with Crippen LogP contribution in [0.4, 0.5) is 10.5 Å². The maximum atomic E-state index is 11.6. The standard InChI is InChI=1S/C14H21N3O2S/c1-10(2)13(18)15-7-8-16-14(19)17-11-5-4-6-12(9-11)20-3/h4-6,9-10H,7-8H2,1-3H3,(H,15,18)(H2,16,17,19). The van der Waals surface area contributed by atoms with Gasteiger partial charge in [0.05, 0.1) is 0 Å². The van der Waals surface area contributed by atoms with Crippen LogP contribution in [0.5, 0.6) is 0 Å². The number of hydrogen-bond donors (Lipinski definition) is 3. The van der Waals surface area contributed by atoms with Crippen LogP contribution in [0.15, 0.2) is 29.2 Å². The van der Waals surface area contributed by atoms with Crippen LogP contribution in [0.3, 0.4) is 0 Å². The monoisotopic (exact) mass is 295 g/mol. The van der Waals surface area contributed by atoms with Crippen LogP contribution in [-0.2, 0) is 4.79 Å². The van der Waals surface area contributed by atoms with Gasteiger partial charge in [0.2, 0.25) is 5.91 Å². The van der Waals surface area contributed by atoms with Crippen molar-refractivity contribution in [3.8, 4) is 0 Å². The van der Waals surface area contributed by atoms with Crippen molar-refractivity contribution in [1.29, 1.82) is 0 Å². The Balaban J connectivity index is 2.28. The SMILES string of the molecule is CSc1cccc(NC(=O)NCCNC(=O)C(C)C)c1. The molecule has 0 atom stereocenters. The third-order valence-corrected chi connectivity index (χ3v) is 3.29. The number of anilines is 1. The average molecular weight is 295 g/mol. The van der Waals surface area contributed by atoms with E-state index >= 15 is 0 Å². The predicted octanol–water partition coefficient (Wildman–Crippen LogP) is 2.30. The third kappa shape index (κ3) is 5.97. The molecule has 0 spiro atoms. The highest BCUT2D eigenvalue weighted by molar-refractivity contribution is 7.98. The molecule has 0 heterocycles. The summed E-state index contributed by atoms with van der Waals surface area (Å²) in [4.78, 5) is 24.0. The molecule has 3 amide bonds. The van der Waals surface area contributed by atoms with Crippen LogP contribution in [0.25, 0.3) is 0 Å². The summed E-state index contributed by atoms with van der Waals surface area (Å²) in [6, 6.07) is 7.34. The Morgan fingerprint density at radius 3 is 2.55 bits per heavy atom. The molecule has 110 valence electrons. The molecule has 0 saturated carbocycles. The van der Waals surface area contributed by atoms with Crippen molar-refractivity contribution in [2.75, 3.05) is 24.7 Å². The Labute approximate surface area is 123 Å². The number of carbonyl (C=O) groups excluding carboxylic acids is 2. The molecule has 20 heavy (non-hydrogen) atoms. The Bertz CT molecular complexity index is 463. The number of amides is 3. The van der Waals surface area contributed by atoms with E-state index < -0.39 is 0 Å². The molecule has 5 nitrogen and oxygen atoms in total. The summed E-state index contributed by atoms with van der Waals surface area (Å²) < 4.78 is 0. The number of nitrogens with one attached hydrogen (secondary N) is 3. The fourth-order valence-electron chi connectivity index (χ4n) is 1.44. The van der Waals surface area contributed by atoms with Crippen LogP contribution in [0, 0.1) is 5.92 Å². The van der Waals surface area contributed by atoms with Crippen molar-refractivity contribution in [3.63, 3.8) is 0 Å². The molecule has 0 aromatic heterocycles. The summed E-state index contributed by atoms with van der Waals surface area (Å²) in [6.07, 6.45) is 1.98. The molecule has 0 aliphatic heterocycles. The van der Waals surface area contributed by atoms with Gasteiger partial charge in [-0.1, -0.05) is 19.9 Å². The van der Waals surface area contributed by atoms with Crippen LogP contribution >= 0.6 is 11.8 Å². The zero-order valence-corrected chi connectivity index (χ0v) is 12.8. The van der Waals surface area contributed by atoms with Gasteiger partial charge in [-0.25, -0.2) is 4.79 Å². The maximum Gasteiger partial charge on any atom is 0.319 e. The molecule has 6 heteroatoms. The minimum Gasteiger partial charge on any atom is -0.354 e. The molecule has 0 aliphatic carbocycles. The van der Waals surface area contributed by atoms with Crippen molar-refractivity contribution in [2.45, 2.75) is 18.7 Å². The van der Waals surface area contributed by atoms with Gasteiger partial charge in [0.15, 0.2) is 0 Å². The van der Waals surface area contributed by atoms with E-state index in [4.69, 9.17) is 0 Å². The van der Waals surface area contributed by atoms with Crippen LogP contribution in [0.1, 0.15) is 13.8 Å². The Morgan fingerprint density at radius 1 is 1.20 bits per heavy atom. The van der Waals surface area contributed by atoms with Crippen LogP contribution < -0.4 is 16.0 Å². The summed E-state index contributed by atoms with van der Waals surface area (Å²) in [5.41, 5.74) is 0.751. The fourth-order valence-corrected chi connectivity index (χ4v) is 1.90. The molecule has 0 radical (unpaired) electrons. The second-order valence-corrected chi connectivity index (χ2v) is 5.44. The van der Waals surface area contributed by atoms with Crippen molar-refractivity contribution in [3.05, 3.63) is 24.3 Å². The summed E-state index contributed by atoms with van der Waals surface area (Å²) in [6.45, 7) is 4.48. The van der Waals surface area contributed by atoms with E-state index in [2.05, 4.69) is 16.0 Å². The van der Waals surface area contributed by atoms with Gasteiger partial charge in [0.25, 0.3) is 0 Å². The third-order valence-electron chi connectivity index (χ3n) is 2.56. The second-order valence-electron chi connectivity index (χ2n) is 4.56. The van der Waals surface area contributed by atoms with Gasteiger partial charge in [-0.2, -0.15) is 0 Å². The molecular weight excluding hydrogens is 274 g/mol. The highest BCUT2D eigenvalue weighted by Crippen LogP contribution is 2.18. The number of hydrogen-bond acceptors (Lipinski definition) is 3. The van der Waals surface area contributed by atoms with Crippen LogP contribution in [-0.4, -0.2) is 31.3 Å². The predicted molar refractivity (Wildman–Crippen MR) is 83.1 cm³/mol. The van der Waals surface area contributed by atoms with Gasteiger partial charge in [-0.3, -0.25) is 4.79 Å². The summed E-state index contributed by atoms with van der Waals surface area (Å²) in [5, 5.41) is 8.18. The Morgan fingerprint density at radius 2 is 1.90 bits per heavy atom. The van der Waals surface area contributed by atoms with Crippen LogP contribution in [0.2, 0.25) is 0 Å². The smallest absolute Gasteiger partial charge is 0.319 e. The molecule has 1 aromatic rings. The molecule has 0 bridgehead atoms. The lowest BCUT2D eigenvalue weighted by molar-refractivity contribution is -0.123. The lowest BCUT2D eigenvalue weighted by Gasteiger charge is -2.10. The van der Waals surface area contributed by atoms with Gasteiger partial charge in [-0.15, -0.1) is 11.8 Å². The highest BCUT2D eigenvalue weighted by Gasteiger charge is 2.06. The molecule has 1 aromatic carbocycles. The van der Waals surface area contributed by atoms with Crippen molar-refractivity contribution < 1.29 is 9.59 Å². The zero-order chi connectivity index (χ0) is 15.0. The molecule has 0 fully saturated rings. The van der Waals surface area contributed by atoms with Gasteiger partial charge in [0.1, 0.15) is 0 Å². The first kappa shape index (κ1) is 16.4. The number of rotatable bonds is 6. The van der Waals surface area contributed by atoms with E-state index in [0.29, 0.717) is 13.1 Å². The van der Waals surface area contributed by atoms with E-state index in [1.807, 2.05) is 44.4 Å². The molecule has 1 rings (SSSR count). The number of benzene rings is 1. The Hall–Kier alpha value is -1.69. The van der Waals surface area contributed by atoms with E-state index in [1.165, 1.54) is 0 Å². The number of thioether (sulfide) groups is 1. The minimum atomic E-state index is -0.276. The highest BCUT2D eigenvalue weighted by atomic mass is 32.2. The quantitative estimate of drug-likeness (QED) is 0.557. The molecule has 0 unspecified atom stereocenters. The van der Waals surface area contributed by atoms with E-state index in [9.17, 15) is 9.59 Å². The first-order chi connectivity index (χ1) is 9.52. The fraction of sp³-hybridized carbons (Fsp3) is 0.429. The molecular formula is C14H21N3O2S. The lowest BCUT2D eigenvalue weighted by atomic mass is 10.2. The van der Waals surface area contributed by atoms with E-state index in [1.54, 1.807) is 11.8 Å². The first-order valence-corrected chi connectivity index (χ1v) is 7.72. The second kappa shape index (κ2) is 8.47. The average Bonchev–Trinajstić information content (AvgIpc) is 2.43. The summed E-state index contributed by atoms with van der Waals surface area (Å²) in [5.74, 6) is -0.0574. The van der Waals surface area contributed by atoms with Crippen molar-refractivity contribution in [2.24, 2.45) is 5.92 Å². The summed E-state index contributed by atoms with van der Waals surface area (Å²) >= 11 is 1.62. The van der Waals surface area contributed by atoms with Crippen molar-refractivity contribution >= 4 is 29.4 Å². The molecule has 0 saturated heterocycles. The van der Waals surface area contributed by atoms with Gasteiger partial charge in [-0.05, 0) is 24.5 Å². The normalized spacial score (nSPS) is 10.2. The van der Waals surface area contributed by atoms with Crippen molar-refractivity contribution in [1.82, 2.24) is 10.6 Å². The number of carbonyl (C=O) groups is 2. The van der Waals surface area contributed by atoms with Gasteiger partial charge < -0.3 is 16.0 Å². The first-order valence-electron chi connectivity index (χ1n) is 6.49. The zero-order valence-electron chi connectivity index (χ0n) is 12.0. The lowest BCUT2D eigenvalue weighted by Crippen LogP contribution is -2.38. The molecule has 3 N–H and O–H groups in total.